The van der Waals surface area contributed by atoms with Crippen molar-refractivity contribution in [1.29, 1.82) is 0 Å². The van der Waals surface area contributed by atoms with Crippen LogP contribution in [0, 0.1) is 0 Å². The van der Waals surface area contributed by atoms with E-state index in [1.165, 1.54) is 27.3 Å². The molecule has 0 bridgehead atoms. The lowest BCUT2D eigenvalue weighted by Crippen LogP contribution is -2.00. The average molecular weight is 626 g/mol. The van der Waals surface area contributed by atoms with Crippen molar-refractivity contribution in [3.63, 3.8) is 0 Å². The molecule has 0 unspecified atom stereocenters. The van der Waals surface area contributed by atoms with E-state index in [4.69, 9.17) is 19.4 Å². The number of para-hydroxylation sites is 1. The van der Waals surface area contributed by atoms with Crippen LogP contribution in [-0.4, -0.2) is 15.0 Å². The Balaban J connectivity index is 1.22. The van der Waals surface area contributed by atoms with E-state index in [0.717, 1.165) is 54.8 Å². The van der Waals surface area contributed by atoms with Crippen LogP contribution in [0.15, 0.2) is 168 Å². The molecular weight excluding hydrogens is 599 g/mol. The summed E-state index contributed by atoms with van der Waals surface area (Å²) in [7, 11) is 0. The largest absolute Gasteiger partial charge is 0.456 e. The molecule has 10 aromatic rings. The Kier molecular flexibility index (Phi) is 6.15. The van der Waals surface area contributed by atoms with Gasteiger partial charge in [0, 0.05) is 27.5 Å². The summed E-state index contributed by atoms with van der Waals surface area (Å²) in [6.07, 6.45) is 0. The highest BCUT2D eigenvalue weighted by atomic mass is 16.3. The van der Waals surface area contributed by atoms with E-state index in [9.17, 15) is 0 Å². The second kappa shape index (κ2) is 11.0. The van der Waals surface area contributed by atoms with E-state index >= 15 is 0 Å². The van der Waals surface area contributed by atoms with Crippen molar-refractivity contribution in [2.24, 2.45) is 0 Å². The molecule has 228 valence electrons. The Labute approximate surface area is 282 Å². The van der Waals surface area contributed by atoms with Crippen molar-refractivity contribution in [2.75, 3.05) is 0 Å². The fourth-order valence-corrected chi connectivity index (χ4v) is 7.15. The van der Waals surface area contributed by atoms with Crippen LogP contribution in [0.25, 0.3) is 99.5 Å². The maximum absolute atomic E-state index is 6.26. The van der Waals surface area contributed by atoms with Crippen LogP contribution in [0.2, 0.25) is 0 Å². The molecule has 10 rings (SSSR count). The zero-order valence-electron chi connectivity index (χ0n) is 26.3. The Morgan fingerprint density at radius 2 is 0.857 bits per heavy atom. The van der Waals surface area contributed by atoms with Crippen molar-refractivity contribution in [2.45, 2.75) is 0 Å². The van der Waals surface area contributed by atoms with Gasteiger partial charge in [-0.2, -0.15) is 0 Å². The Morgan fingerprint density at radius 3 is 1.67 bits per heavy atom. The van der Waals surface area contributed by atoms with Crippen LogP contribution in [0.3, 0.4) is 0 Å². The van der Waals surface area contributed by atoms with Gasteiger partial charge < -0.3 is 4.42 Å². The number of hydrogen-bond acceptors (Lipinski definition) is 4. The molecule has 0 saturated carbocycles. The summed E-state index contributed by atoms with van der Waals surface area (Å²) in [5.74, 6) is 1.85. The van der Waals surface area contributed by atoms with Gasteiger partial charge in [-0.05, 0) is 67.7 Å². The topological polar surface area (TPSA) is 51.8 Å². The van der Waals surface area contributed by atoms with Gasteiger partial charge in [0.25, 0.3) is 0 Å². The number of nitrogens with zero attached hydrogens (tertiary/aromatic N) is 3. The fraction of sp³-hybridized carbons (Fsp3) is 0. The second-order valence-corrected chi connectivity index (χ2v) is 12.4. The third kappa shape index (κ3) is 4.57. The molecule has 0 fully saturated rings. The van der Waals surface area contributed by atoms with Crippen LogP contribution in [0.4, 0.5) is 0 Å². The van der Waals surface area contributed by atoms with Gasteiger partial charge in [-0.15, -0.1) is 0 Å². The second-order valence-electron chi connectivity index (χ2n) is 12.4. The molecular formula is C45H27N3O. The van der Waals surface area contributed by atoms with Gasteiger partial charge in [0.05, 0.1) is 0 Å². The van der Waals surface area contributed by atoms with Crippen molar-refractivity contribution in [3.05, 3.63) is 164 Å². The smallest absolute Gasteiger partial charge is 0.164 e. The first-order chi connectivity index (χ1) is 24.3. The minimum absolute atomic E-state index is 0.604. The first-order valence-corrected chi connectivity index (χ1v) is 16.4. The molecule has 0 spiro atoms. The molecule has 0 radical (unpaired) electrons. The summed E-state index contributed by atoms with van der Waals surface area (Å²) in [4.78, 5) is 15.5. The van der Waals surface area contributed by atoms with Gasteiger partial charge in [0.1, 0.15) is 11.2 Å². The number of aromatic nitrogens is 3. The third-order valence-electron chi connectivity index (χ3n) is 9.51. The Morgan fingerprint density at radius 1 is 0.327 bits per heavy atom. The average Bonchev–Trinajstić information content (AvgIpc) is 3.56. The highest BCUT2D eigenvalue weighted by Crippen LogP contribution is 2.38. The number of fused-ring (bicyclic) bond motifs is 6. The lowest BCUT2D eigenvalue weighted by Gasteiger charge is -2.13. The third-order valence-corrected chi connectivity index (χ3v) is 9.51. The van der Waals surface area contributed by atoms with E-state index < -0.39 is 0 Å². The fourth-order valence-electron chi connectivity index (χ4n) is 7.15. The van der Waals surface area contributed by atoms with Gasteiger partial charge in [-0.25, -0.2) is 15.0 Å². The Bertz CT molecular complexity index is 2900. The molecule has 0 amide bonds. The zero-order chi connectivity index (χ0) is 32.3. The predicted octanol–water partition coefficient (Wildman–Crippen LogP) is 11.9. The standard InChI is InChI=1S/C45H27N3O/c1-2-12-31-26-32(24-22-28(31)10-1)43-46-44(48-45(47-43)38-19-9-21-41-42(38)37-16-5-6-20-40(37)49-41)33-25-23-30-14-8-18-36(39(30)27-33)35-17-7-13-29-11-3-4-15-34(29)35/h1-27H. The molecule has 0 N–H and O–H groups in total. The molecule has 8 aromatic carbocycles. The quantitative estimate of drug-likeness (QED) is 0.195. The summed E-state index contributed by atoms with van der Waals surface area (Å²) < 4.78 is 6.26. The van der Waals surface area contributed by atoms with Gasteiger partial charge in [0.2, 0.25) is 0 Å². The SMILES string of the molecule is c1ccc2cc(-c3nc(-c4ccc5cccc(-c6cccc7ccccc67)c5c4)nc(-c4cccc5oc6ccccc6c45)n3)ccc2c1. The molecule has 2 aromatic heterocycles. The van der Waals surface area contributed by atoms with Gasteiger partial charge in [-0.1, -0.05) is 140 Å². The normalized spacial score (nSPS) is 11.7. The minimum Gasteiger partial charge on any atom is -0.456 e. The van der Waals surface area contributed by atoms with Crippen LogP contribution in [0.1, 0.15) is 0 Å². The van der Waals surface area contributed by atoms with Crippen LogP contribution < -0.4 is 0 Å². The van der Waals surface area contributed by atoms with E-state index in [2.05, 4.69) is 133 Å². The van der Waals surface area contributed by atoms with Gasteiger partial charge in [-0.3, -0.25) is 0 Å². The molecule has 49 heavy (non-hydrogen) atoms. The zero-order valence-corrected chi connectivity index (χ0v) is 26.3. The lowest BCUT2D eigenvalue weighted by atomic mass is 9.93. The summed E-state index contributed by atoms with van der Waals surface area (Å²) in [6, 6.07) is 57.0. The van der Waals surface area contributed by atoms with Crippen LogP contribution >= 0.6 is 0 Å². The molecule has 2 heterocycles. The van der Waals surface area contributed by atoms with Gasteiger partial charge >= 0.3 is 0 Å². The van der Waals surface area contributed by atoms with Crippen LogP contribution in [-0.2, 0) is 0 Å². The van der Waals surface area contributed by atoms with Crippen molar-refractivity contribution < 1.29 is 4.42 Å². The summed E-state index contributed by atoms with van der Waals surface area (Å²) >= 11 is 0. The molecule has 4 heteroatoms. The van der Waals surface area contributed by atoms with Gasteiger partial charge in [0.15, 0.2) is 17.5 Å². The molecule has 0 aliphatic carbocycles. The van der Waals surface area contributed by atoms with E-state index in [-0.39, 0.29) is 0 Å². The number of hydrogen-bond donors (Lipinski definition) is 0. The van der Waals surface area contributed by atoms with Crippen molar-refractivity contribution in [3.8, 4) is 45.3 Å². The number of rotatable bonds is 4. The summed E-state index contributed by atoms with van der Waals surface area (Å²) in [5, 5.41) is 9.09. The van der Waals surface area contributed by atoms with E-state index in [1.54, 1.807) is 0 Å². The summed E-state index contributed by atoms with van der Waals surface area (Å²) in [6.45, 7) is 0. The summed E-state index contributed by atoms with van der Waals surface area (Å²) in [5.41, 5.74) is 6.79. The maximum Gasteiger partial charge on any atom is 0.164 e. The van der Waals surface area contributed by atoms with E-state index in [1.807, 2.05) is 30.3 Å². The highest BCUT2D eigenvalue weighted by molar-refractivity contribution is 6.12. The number of furan rings is 1. The van der Waals surface area contributed by atoms with Crippen molar-refractivity contribution in [1.82, 2.24) is 15.0 Å². The molecule has 4 nitrogen and oxygen atoms in total. The van der Waals surface area contributed by atoms with E-state index in [0.29, 0.717) is 17.5 Å². The molecule has 0 aliphatic heterocycles. The molecule has 0 atom stereocenters. The van der Waals surface area contributed by atoms with Crippen molar-refractivity contribution >= 4 is 54.3 Å². The lowest BCUT2D eigenvalue weighted by molar-refractivity contribution is 0.669. The predicted molar refractivity (Wildman–Crippen MR) is 201 cm³/mol. The number of benzene rings is 8. The first-order valence-electron chi connectivity index (χ1n) is 16.4. The molecule has 0 saturated heterocycles. The Hall–Kier alpha value is -6.65. The first kappa shape index (κ1) is 27.5. The molecule has 0 aliphatic rings. The monoisotopic (exact) mass is 625 g/mol. The highest BCUT2D eigenvalue weighted by Gasteiger charge is 2.18. The maximum atomic E-state index is 6.26. The van der Waals surface area contributed by atoms with Crippen LogP contribution in [0.5, 0.6) is 0 Å². The minimum atomic E-state index is 0.604.